The first-order valence-electron chi connectivity index (χ1n) is 5.00. The van der Waals surface area contributed by atoms with Gasteiger partial charge in [-0.1, -0.05) is 11.6 Å². The van der Waals surface area contributed by atoms with Crippen LogP contribution in [0.25, 0.3) is 0 Å². The molecule has 0 N–H and O–H groups in total. The number of ether oxygens (including phenoxy) is 1. The van der Waals surface area contributed by atoms with E-state index in [9.17, 15) is 13.2 Å². The first-order chi connectivity index (χ1) is 7.82. The number of halogens is 1. The highest BCUT2D eigenvalue weighted by Gasteiger charge is 2.28. The summed E-state index contributed by atoms with van der Waals surface area (Å²) in [6.45, 7) is 5.02. The highest BCUT2D eigenvalue weighted by atomic mass is 35.5. The van der Waals surface area contributed by atoms with Crippen LogP contribution < -0.4 is 0 Å². The van der Waals surface area contributed by atoms with E-state index in [1.807, 2.05) is 0 Å². The fourth-order valence-corrected chi connectivity index (χ4v) is 4.08. The summed E-state index contributed by atoms with van der Waals surface area (Å²) in [5, 5.41) is 0.760. The van der Waals surface area contributed by atoms with Gasteiger partial charge in [-0.05, 0) is 20.8 Å². The first-order valence-corrected chi connectivity index (χ1v) is 7.80. The van der Waals surface area contributed by atoms with E-state index < -0.39 is 21.1 Å². The third-order valence-electron chi connectivity index (χ3n) is 2.09. The Kier molecular flexibility index (Phi) is 4.57. The van der Waals surface area contributed by atoms with E-state index in [1.54, 1.807) is 20.8 Å². The molecule has 0 radical (unpaired) electrons. The van der Waals surface area contributed by atoms with Crippen LogP contribution in [0.1, 0.15) is 30.4 Å². The topological polar surface area (TPSA) is 60.4 Å². The minimum Gasteiger partial charge on any atom is -0.462 e. The SMILES string of the molecule is CCOC(=O)c1scc(S(=O)(=O)C(C)C)c1Cl. The van der Waals surface area contributed by atoms with Crippen LogP contribution in [0.2, 0.25) is 5.02 Å². The van der Waals surface area contributed by atoms with Crippen molar-refractivity contribution in [1.82, 2.24) is 0 Å². The number of carbonyl (C=O) groups is 1. The Bertz CT molecular complexity index is 516. The number of hydrogen-bond acceptors (Lipinski definition) is 5. The highest BCUT2D eigenvalue weighted by molar-refractivity contribution is 7.92. The molecule has 4 nitrogen and oxygen atoms in total. The molecule has 0 saturated carbocycles. The van der Waals surface area contributed by atoms with E-state index >= 15 is 0 Å². The summed E-state index contributed by atoms with van der Waals surface area (Å²) in [5.41, 5.74) is 0. The molecule has 0 saturated heterocycles. The van der Waals surface area contributed by atoms with Gasteiger partial charge in [-0.15, -0.1) is 11.3 Å². The Morgan fingerprint density at radius 1 is 1.53 bits per heavy atom. The third kappa shape index (κ3) is 2.81. The standard InChI is InChI=1S/C10H13ClO4S2/c1-4-15-10(12)9-8(11)7(5-16-9)17(13,14)6(2)3/h5-6H,4H2,1-3H3. The van der Waals surface area contributed by atoms with Gasteiger partial charge in [0.25, 0.3) is 0 Å². The Hall–Kier alpha value is -0.590. The van der Waals surface area contributed by atoms with E-state index in [1.165, 1.54) is 5.38 Å². The Morgan fingerprint density at radius 2 is 2.12 bits per heavy atom. The monoisotopic (exact) mass is 296 g/mol. The van der Waals surface area contributed by atoms with Crippen molar-refractivity contribution < 1.29 is 17.9 Å². The van der Waals surface area contributed by atoms with Crippen LogP contribution in [0.15, 0.2) is 10.3 Å². The van der Waals surface area contributed by atoms with Gasteiger partial charge in [0.2, 0.25) is 0 Å². The molecule has 0 bridgehead atoms. The minimum absolute atomic E-state index is 0.00206. The van der Waals surface area contributed by atoms with Crippen LogP contribution in [0, 0.1) is 0 Å². The van der Waals surface area contributed by atoms with Crippen LogP contribution in [-0.4, -0.2) is 26.2 Å². The Morgan fingerprint density at radius 3 is 2.59 bits per heavy atom. The molecule has 0 spiro atoms. The number of sulfone groups is 1. The second kappa shape index (κ2) is 5.37. The molecule has 1 heterocycles. The first kappa shape index (κ1) is 14.5. The molecule has 1 aromatic rings. The van der Waals surface area contributed by atoms with E-state index in [4.69, 9.17) is 16.3 Å². The summed E-state index contributed by atoms with van der Waals surface area (Å²) in [6.07, 6.45) is 0. The van der Waals surface area contributed by atoms with Crippen molar-refractivity contribution >= 4 is 38.7 Å². The molecule has 0 unspecified atom stereocenters. The summed E-state index contributed by atoms with van der Waals surface area (Å²) in [7, 11) is -3.46. The van der Waals surface area contributed by atoms with Gasteiger partial charge in [-0.2, -0.15) is 0 Å². The zero-order valence-electron chi connectivity index (χ0n) is 9.69. The third-order valence-corrected chi connectivity index (χ3v) is 5.99. The molecule has 0 aliphatic rings. The van der Waals surface area contributed by atoms with Crippen LogP contribution in [0.4, 0.5) is 0 Å². The van der Waals surface area contributed by atoms with Gasteiger partial charge in [-0.25, -0.2) is 13.2 Å². The molecule has 96 valence electrons. The normalized spacial score (nSPS) is 11.8. The van der Waals surface area contributed by atoms with E-state index in [0.29, 0.717) is 0 Å². The quantitative estimate of drug-likeness (QED) is 0.802. The van der Waals surface area contributed by atoms with Crippen molar-refractivity contribution in [2.45, 2.75) is 30.9 Å². The average molecular weight is 297 g/mol. The van der Waals surface area contributed by atoms with Crippen molar-refractivity contribution in [2.24, 2.45) is 0 Å². The van der Waals surface area contributed by atoms with Crippen LogP contribution in [0.3, 0.4) is 0 Å². The molecule has 0 aromatic carbocycles. The maximum Gasteiger partial charge on any atom is 0.349 e. The van der Waals surface area contributed by atoms with Gasteiger partial charge >= 0.3 is 5.97 Å². The average Bonchev–Trinajstić information content (AvgIpc) is 2.60. The maximum absolute atomic E-state index is 11.9. The molecule has 17 heavy (non-hydrogen) atoms. The number of carbonyl (C=O) groups excluding carboxylic acids is 1. The lowest BCUT2D eigenvalue weighted by Gasteiger charge is -2.06. The van der Waals surface area contributed by atoms with Gasteiger partial charge in [0, 0.05) is 5.38 Å². The molecule has 0 aliphatic heterocycles. The largest absolute Gasteiger partial charge is 0.462 e. The van der Waals surface area contributed by atoms with Crippen LogP contribution >= 0.6 is 22.9 Å². The lowest BCUT2D eigenvalue weighted by atomic mass is 10.5. The van der Waals surface area contributed by atoms with Gasteiger partial charge in [0.1, 0.15) is 4.88 Å². The van der Waals surface area contributed by atoms with Gasteiger partial charge < -0.3 is 4.74 Å². The van der Waals surface area contributed by atoms with Crippen LogP contribution in [0.5, 0.6) is 0 Å². The molecule has 0 amide bonds. The van der Waals surface area contributed by atoms with Gasteiger partial charge in [0.05, 0.1) is 21.8 Å². The molecule has 0 atom stereocenters. The second-order valence-corrected chi connectivity index (χ2v) is 7.29. The van der Waals surface area contributed by atoms with Crippen LogP contribution in [-0.2, 0) is 14.6 Å². The molecular weight excluding hydrogens is 284 g/mol. The second-order valence-electron chi connectivity index (χ2n) is 3.56. The highest BCUT2D eigenvalue weighted by Crippen LogP contribution is 2.33. The number of thiophene rings is 1. The zero-order valence-corrected chi connectivity index (χ0v) is 12.1. The Labute approximate surface area is 109 Å². The molecule has 7 heteroatoms. The van der Waals surface area contributed by atoms with Crippen molar-refractivity contribution in [3.63, 3.8) is 0 Å². The predicted octanol–water partition coefficient (Wildman–Crippen LogP) is 2.76. The van der Waals surface area contributed by atoms with Gasteiger partial charge in [0.15, 0.2) is 9.84 Å². The summed E-state index contributed by atoms with van der Waals surface area (Å²) in [4.78, 5) is 11.6. The lowest BCUT2D eigenvalue weighted by Crippen LogP contribution is -2.14. The molecule has 1 aromatic heterocycles. The number of rotatable bonds is 4. The lowest BCUT2D eigenvalue weighted by molar-refractivity contribution is 0.0532. The van der Waals surface area contributed by atoms with Crippen molar-refractivity contribution in [1.29, 1.82) is 0 Å². The smallest absolute Gasteiger partial charge is 0.349 e. The fraction of sp³-hybridized carbons (Fsp3) is 0.500. The summed E-state index contributed by atoms with van der Waals surface area (Å²) in [5.74, 6) is -0.590. The van der Waals surface area contributed by atoms with E-state index in [0.717, 1.165) is 11.3 Å². The van der Waals surface area contributed by atoms with Crippen molar-refractivity contribution in [2.75, 3.05) is 6.61 Å². The zero-order chi connectivity index (χ0) is 13.2. The number of hydrogen-bond donors (Lipinski definition) is 0. The van der Waals surface area contributed by atoms with E-state index in [-0.39, 0.29) is 21.4 Å². The maximum atomic E-state index is 11.9. The number of esters is 1. The van der Waals surface area contributed by atoms with Crippen molar-refractivity contribution in [3.05, 3.63) is 15.3 Å². The molecular formula is C10H13ClO4S2. The van der Waals surface area contributed by atoms with E-state index in [2.05, 4.69) is 0 Å². The summed E-state index contributed by atoms with van der Waals surface area (Å²) < 4.78 is 28.6. The van der Waals surface area contributed by atoms with Crippen molar-refractivity contribution in [3.8, 4) is 0 Å². The molecule has 0 fully saturated rings. The summed E-state index contributed by atoms with van der Waals surface area (Å²) in [6, 6.07) is 0. The predicted molar refractivity (Wildman–Crippen MR) is 67.6 cm³/mol. The fourth-order valence-electron chi connectivity index (χ4n) is 1.11. The minimum atomic E-state index is -3.46. The summed E-state index contributed by atoms with van der Waals surface area (Å²) >= 11 is 6.90. The van der Waals surface area contributed by atoms with Gasteiger partial charge in [-0.3, -0.25) is 0 Å². The molecule has 1 rings (SSSR count). The Balaban J connectivity index is 3.21. The molecule has 0 aliphatic carbocycles.